The van der Waals surface area contributed by atoms with Crippen molar-refractivity contribution in [1.29, 1.82) is 0 Å². The predicted octanol–water partition coefficient (Wildman–Crippen LogP) is 2.53. The standard InChI is InChI=1S/C19H32N2O3/c1-16-5-2-3-6-18(16)24-14-12-20-8-10-21(11-9-20)15-17(22)19-7-4-13-23-19/h4,7,13,16-18,22H,2-3,5-6,8-12,14-15H2,1H3/t16-,17-,18+/m1/s1. The molecule has 24 heavy (non-hydrogen) atoms. The summed E-state index contributed by atoms with van der Waals surface area (Å²) in [5, 5.41) is 10.2. The number of nitrogens with zero attached hydrogens (tertiary/aromatic N) is 2. The Morgan fingerprint density at radius 2 is 1.96 bits per heavy atom. The van der Waals surface area contributed by atoms with Crippen molar-refractivity contribution >= 4 is 0 Å². The van der Waals surface area contributed by atoms with Crippen LogP contribution in [0.1, 0.15) is 44.5 Å². The van der Waals surface area contributed by atoms with Gasteiger partial charge in [-0.1, -0.05) is 19.8 Å². The number of β-amino-alcohol motifs (C(OH)–C–C–N with tert-alkyl or cyclic N) is 1. The van der Waals surface area contributed by atoms with Gasteiger partial charge in [-0.15, -0.1) is 0 Å². The summed E-state index contributed by atoms with van der Waals surface area (Å²) in [7, 11) is 0. The van der Waals surface area contributed by atoms with Crippen LogP contribution in [0.15, 0.2) is 22.8 Å². The Morgan fingerprint density at radius 1 is 1.21 bits per heavy atom. The van der Waals surface area contributed by atoms with Gasteiger partial charge >= 0.3 is 0 Å². The fraction of sp³-hybridized carbons (Fsp3) is 0.789. The number of hydrogen-bond acceptors (Lipinski definition) is 5. The second-order valence-electron chi connectivity index (χ2n) is 7.34. The zero-order valence-electron chi connectivity index (χ0n) is 14.9. The highest BCUT2D eigenvalue weighted by Gasteiger charge is 2.23. The molecule has 3 atom stereocenters. The van der Waals surface area contributed by atoms with E-state index >= 15 is 0 Å². The van der Waals surface area contributed by atoms with Crippen LogP contribution in [0.2, 0.25) is 0 Å². The van der Waals surface area contributed by atoms with Crippen LogP contribution in [0, 0.1) is 5.92 Å². The number of piperazine rings is 1. The van der Waals surface area contributed by atoms with Gasteiger partial charge in [0.1, 0.15) is 11.9 Å². The summed E-state index contributed by atoms with van der Waals surface area (Å²) >= 11 is 0. The molecule has 0 radical (unpaired) electrons. The minimum Gasteiger partial charge on any atom is -0.467 e. The van der Waals surface area contributed by atoms with Crippen molar-refractivity contribution in [1.82, 2.24) is 9.80 Å². The maximum absolute atomic E-state index is 10.2. The van der Waals surface area contributed by atoms with Crippen LogP contribution in [-0.2, 0) is 4.74 Å². The molecule has 1 aliphatic heterocycles. The molecule has 1 aromatic rings. The molecule has 0 spiro atoms. The molecule has 0 bridgehead atoms. The Balaban J connectivity index is 1.30. The molecular weight excluding hydrogens is 304 g/mol. The summed E-state index contributed by atoms with van der Waals surface area (Å²) in [6.07, 6.45) is 6.81. The van der Waals surface area contributed by atoms with Gasteiger partial charge in [-0.3, -0.25) is 9.80 Å². The lowest BCUT2D eigenvalue weighted by Gasteiger charge is -2.36. The quantitative estimate of drug-likeness (QED) is 0.829. The summed E-state index contributed by atoms with van der Waals surface area (Å²) in [6.45, 7) is 8.95. The smallest absolute Gasteiger partial charge is 0.133 e. The van der Waals surface area contributed by atoms with E-state index < -0.39 is 6.10 Å². The molecular formula is C19H32N2O3. The van der Waals surface area contributed by atoms with Crippen molar-refractivity contribution in [2.75, 3.05) is 45.9 Å². The Morgan fingerprint density at radius 3 is 2.67 bits per heavy atom. The van der Waals surface area contributed by atoms with Crippen molar-refractivity contribution in [3.05, 3.63) is 24.2 Å². The van der Waals surface area contributed by atoms with Crippen molar-refractivity contribution in [2.45, 2.75) is 44.8 Å². The fourth-order valence-electron chi connectivity index (χ4n) is 3.87. The second-order valence-corrected chi connectivity index (χ2v) is 7.34. The molecule has 5 heteroatoms. The molecule has 5 nitrogen and oxygen atoms in total. The molecule has 136 valence electrons. The maximum atomic E-state index is 10.2. The van der Waals surface area contributed by atoms with Crippen molar-refractivity contribution in [2.24, 2.45) is 5.92 Å². The molecule has 2 aliphatic rings. The molecule has 2 heterocycles. The van der Waals surface area contributed by atoms with E-state index in [-0.39, 0.29) is 0 Å². The Labute approximate surface area is 145 Å². The van der Waals surface area contributed by atoms with Crippen molar-refractivity contribution in [3.8, 4) is 0 Å². The minimum atomic E-state index is -0.525. The number of ether oxygens (including phenoxy) is 1. The van der Waals surface area contributed by atoms with E-state index in [1.165, 1.54) is 25.7 Å². The number of aliphatic hydroxyl groups is 1. The number of furan rings is 1. The van der Waals surface area contributed by atoms with E-state index in [9.17, 15) is 5.11 Å². The third-order valence-corrected chi connectivity index (χ3v) is 5.54. The van der Waals surface area contributed by atoms with Gasteiger partial charge in [0.2, 0.25) is 0 Å². The number of hydrogen-bond donors (Lipinski definition) is 1. The Hall–Kier alpha value is -0.880. The van der Waals surface area contributed by atoms with Crippen LogP contribution >= 0.6 is 0 Å². The molecule has 0 aromatic carbocycles. The lowest BCUT2D eigenvalue weighted by Crippen LogP contribution is -2.48. The highest BCUT2D eigenvalue weighted by molar-refractivity contribution is 5.02. The van der Waals surface area contributed by atoms with Gasteiger partial charge in [0, 0.05) is 39.3 Å². The average Bonchev–Trinajstić information content (AvgIpc) is 3.13. The SMILES string of the molecule is C[C@@H]1CCCC[C@@H]1OCCN1CCN(C[C@@H](O)c2ccco2)CC1. The molecule has 2 fully saturated rings. The summed E-state index contributed by atoms with van der Waals surface area (Å²) in [5.74, 6) is 1.38. The summed E-state index contributed by atoms with van der Waals surface area (Å²) < 4.78 is 11.4. The first-order chi connectivity index (χ1) is 11.7. The summed E-state index contributed by atoms with van der Waals surface area (Å²) in [5.41, 5.74) is 0. The first-order valence-electron chi connectivity index (χ1n) is 9.50. The van der Waals surface area contributed by atoms with Gasteiger partial charge in [-0.25, -0.2) is 0 Å². The molecule has 0 unspecified atom stereocenters. The van der Waals surface area contributed by atoms with E-state index in [0.717, 1.165) is 45.2 Å². The highest BCUT2D eigenvalue weighted by atomic mass is 16.5. The van der Waals surface area contributed by atoms with Crippen LogP contribution < -0.4 is 0 Å². The van der Waals surface area contributed by atoms with E-state index in [0.29, 0.717) is 18.4 Å². The van der Waals surface area contributed by atoms with Gasteiger partial charge in [0.05, 0.1) is 19.0 Å². The fourth-order valence-corrected chi connectivity index (χ4v) is 3.87. The first-order valence-corrected chi connectivity index (χ1v) is 9.50. The number of aliphatic hydroxyl groups excluding tert-OH is 1. The molecule has 1 saturated carbocycles. The van der Waals surface area contributed by atoms with Gasteiger partial charge in [-0.2, -0.15) is 0 Å². The third kappa shape index (κ3) is 5.06. The lowest BCUT2D eigenvalue weighted by molar-refractivity contribution is -0.0197. The molecule has 1 saturated heterocycles. The highest BCUT2D eigenvalue weighted by Crippen LogP contribution is 2.26. The molecule has 1 aliphatic carbocycles. The number of rotatable bonds is 7. The minimum absolute atomic E-state index is 0.475. The predicted molar refractivity (Wildman–Crippen MR) is 93.9 cm³/mol. The van der Waals surface area contributed by atoms with Crippen LogP contribution in [0.5, 0.6) is 0 Å². The van der Waals surface area contributed by atoms with E-state index in [1.807, 2.05) is 12.1 Å². The third-order valence-electron chi connectivity index (χ3n) is 5.54. The molecule has 0 amide bonds. The van der Waals surface area contributed by atoms with Crippen LogP contribution in [0.4, 0.5) is 0 Å². The van der Waals surface area contributed by atoms with Crippen molar-refractivity contribution < 1.29 is 14.3 Å². The van der Waals surface area contributed by atoms with Gasteiger partial charge < -0.3 is 14.3 Å². The molecule has 1 N–H and O–H groups in total. The molecule has 1 aromatic heterocycles. The summed E-state index contributed by atoms with van der Waals surface area (Å²) in [6, 6.07) is 3.66. The largest absolute Gasteiger partial charge is 0.467 e. The van der Waals surface area contributed by atoms with Crippen LogP contribution in [-0.4, -0.2) is 66.9 Å². The Kier molecular flexibility index (Phi) is 6.72. The first kappa shape index (κ1) is 17.9. The van der Waals surface area contributed by atoms with E-state index in [2.05, 4.69) is 16.7 Å². The monoisotopic (exact) mass is 336 g/mol. The summed E-state index contributed by atoms with van der Waals surface area (Å²) in [4.78, 5) is 4.79. The maximum Gasteiger partial charge on any atom is 0.133 e. The second kappa shape index (κ2) is 8.99. The van der Waals surface area contributed by atoms with Gasteiger partial charge in [0.15, 0.2) is 0 Å². The zero-order chi connectivity index (χ0) is 16.8. The topological polar surface area (TPSA) is 49.1 Å². The van der Waals surface area contributed by atoms with E-state index in [4.69, 9.17) is 9.15 Å². The normalized spacial score (nSPS) is 28.1. The van der Waals surface area contributed by atoms with E-state index in [1.54, 1.807) is 6.26 Å². The van der Waals surface area contributed by atoms with Crippen LogP contribution in [0.25, 0.3) is 0 Å². The van der Waals surface area contributed by atoms with Crippen LogP contribution in [0.3, 0.4) is 0 Å². The van der Waals surface area contributed by atoms with Gasteiger partial charge in [-0.05, 0) is 30.9 Å². The zero-order valence-corrected chi connectivity index (χ0v) is 14.9. The average molecular weight is 336 g/mol. The molecule has 3 rings (SSSR count). The van der Waals surface area contributed by atoms with Crippen molar-refractivity contribution in [3.63, 3.8) is 0 Å². The van der Waals surface area contributed by atoms with Gasteiger partial charge in [0.25, 0.3) is 0 Å². The Bertz CT molecular complexity index is 457. The lowest BCUT2D eigenvalue weighted by atomic mass is 9.88.